The maximum Gasteiger partial charge on any atom is 0.408 e. The molecule has 13 heteroatoms. The summed E-state index contributed by atoms with van der Waals surface area (Å²) in [5.41, 5.74) is 0.171. The SMILES string of the molecule is CSCC[C@H](NC(=O)[C@@H](NC(=O)OC(C)(C)C)C(C)C)C(=O)NC(CC(C)C)[C@@H](O)CC(=O)N[C@@H](C(=O)NCc1ccccc1)C(C)C. The van der Waals surface area contributed by atoms with Crippen LogP contribution in [-0.4, -0.2) is 82.7 Å². The van der Waals surface area contributed by atoms with Gasteiger partial charge in [0.15, 0.2) is 0 Å². The maximum absolute atomic E-state index is 13.6. The van der Waals surface area contributed by atoms with Crippen LogP contribution in [0.25, 0.3) is 0 Å². The van der Waals surface area contributed by atoms with Crippen molar-refractivity contribution in [3.05, 3.63) is 35.9 Å². The van der Waals surface area contributed by atoms with E-state index in [0.717, 1.165) is 5.56 Å². The molecule has 0 heterocycles. The van der Waals surface area contributed by atoms with Gasteiger partial charge in [0.1, 0.15) is 23.7 Å². The highest BCUT2D eigenvalue weighted by Crippen LogP contribution is 2.14. The minimum Gasteiger partial charge on any atom is -0.444 e. The number of nitrogens with one attached hydrogen (secondary N) is 5. The fourth-order valence-electron chi connectivity index (χ4n) is 4.83. The normalized spacial score (nSPS) is 14.8. The summed E-state index contributed by atoms with van der Waals surface area (Å²) in [5.74, 6) is -1.81. The molecule has 0 aliphatic carbocycles. The van der Waals surface area contributed by atoms with Crippen molar-refractivity contribution < 1.29 is 33.8 Å². The fourth-order valence-corrected chi connectivity index (χ4v) is 5.30. The molecule has 0 aromatic heterocycles. The van der Waals surface area contributed by atoms with Gasteiger partial charge in [-0.2, -0.15) is 11.8 Å². The molecular weight excluding hydrogens is 634 g/mol. The first kappa shape index (κ1) is 42.7. The molecule has 0 spiro atoms. The van der Waals surface area contributed by atoms with E-state index >= 15 is 0 Å². The van der Waals surface area contributed by atoms with Crippen LogP contribution in [0.15, 0.2) is 30.3 Å². The number of carbonyl (C=O) groups is 5. The summed E-state index contributed by atoms with van der Waals surface area (Å²) >= 11 is 1.51. The Bertz CT molecular complexity index is 1170. The molecule has 0 saturated carbocycles. The molecule has 0 saturated heterocycles. The molecule has 1 rings (SSSR count). The Morgan fingerprint density at radius 1 is 0.812 bits per heavy atom. The number of hydrogen-bond acceptors (Lipinski definition) is 8. The molecule has 5 atom stereocenters. The van der Waals surface area contributed by atoms with E-state index in [9.17, 15) is 29.1 Å². The summed E-state index contributed by atoms with van der Waals surface area (Å²) in [7, 11) is 0. The third kappa shape index (κ3) is 16.7. The maximum atomic E-state index is 13.6. The number of alkyl carbamates (subject to hydrolysis) is 1. The molecule has 272 valence electrons. The van der Waals surface area contributed by atoms with Gasteiger partial charge in [0.05, 0.1) is 18.6 Å². The average molecular weight is 694 g/mol. The van der Waals surface area contributed by atoms with Crippen molar-refractivity contribution in [3.8, 4) is 0 Å². The lowest BCUT2D eigenvalue weighted by molar-refractivity contribution is -0.133. The molecular formula is C35H59N5O7S. The fraction of sp³-hybridized carbons (Fsp3) is 0.686. The standard InChI is InChI=1S/C35H59N5O7S/c1-21(2)18-26(27(41)19-28(42)39-29(22(3)4)32(44)36-20-24-14-12-11-13-15-24)38-31(43)25(16-17-48-10)37-33(45)30(23(5)6)40-34(46)47-35(7,8)9/h11-15,21-23,25-27,29-30,41H,16-20H2,1-10H3,(H,36,44)(H,37,45)(H,38,43)(H,39,42)(H,40,46)/t25-,26?,27-,29+,30-/m0/s1. The molecule has 1 aromatic carbocycles. The number of hydrogen-bond donors (Lipinski definition) is 6. The Kier molecular flexibility index (Phi) is 18.6. The van der Waals surface area contributed by atoms with Crippen molar-refractivity contribution in [2.24, 2.45) is 17.8 Å². The Hall–Kier alpha value is -3.32. The minimum absolute atomic E-state index is 0.0581. The average Bonchev–Trinajstić information content (AvgIpc) is 2.98. The molecule has 5 amide bonds. The predicted octanol–water partition coefficient (Wildman–Crippen LogP) is 3.51. The van der Waals surface area contributed by atoms with Crippen LogP contribution in [0.2, 0.25) is 0 Å². The third-order valence-electron chi connectivity index (χ3n) is 7.35. The van der Waals surface area contributed by atoms with Crippen LogP contribution in [0.5, 0.6) is 0 Å². The molecule has 0 aliphatic heterocycles. The van der Waals surface area contributed by atoms with Crippen molar-refractivity contribution in [1.29, 1.82) is 0 Å². The van der Waals surface area contributed by atoms with E-state index < -0.39 is 59.7 Å². The van der Waals surface area contributed by atoms with Gasteiger partial charge in [0, 0.05) is 6.54 Å². The Labute approximate surface area is 291 Å². The van der Waals surface area contributed by atoms with Crippen LogP contribution in [0.1, 0.15) is 87.1 Å². The molecule has 1 aromatic rings. The first-order valence-corrected chi connectivity index (χ1v) is 18.1. The van der Waals surface area contributed by atoms with Gasteiger partial charge in [0.25, 0.3) is 0 Å². The van der Waals surface area contributed by atoms with Crippen LogP contribution in [0, 0.1) is 17.8 Å². The number of thioether (sulfide) groups is 1. The molecule has 0 bridgehead atoms. The predicted molar refractivity (Wildman–Crippen MR) is 190 cm³/mol. The van der Waals surface area contributed by atoms with Gasteiger partial charge in [-0.3, -0.25) is 19.2 Å². The summed E-state index contributed by atoms with van der Waals surface area (Å²) in [6.45, 7) is 16.5. The van der Waals surface area contributed by atoms with Crippen molar-refractivity contribution in [1.82, 2.24) is 26.6 Å². The first-order valence-electron chi connectivity index (χ1n) is 16.7. The lowest BCUT2D eigenvalue weighted by atomic mass is 9.96. The summed E-state index contributed by atoms with van der Waals surface area (Å²) in [5, 5.41) is 25.0. The highest BCUT2D eigenvalue weighted by Gasteiger charge is 2.33. The highest BCUT2D eigenvalue weighted by molar-refractivity contribution is 7.98. The van der Waals surface area contributed by atoms with Crippen LogP contribution in [0.3, 0.4) is 0 Å². The van der Waals surface area contributed by atoms with Crippen molar-refractivity contribution in [2.75, 3.05) is 12.0 Å². The molecule has 0 aliphatic rings. The van der Waals surface area contributed by atoms with E-state index in [1.807, 2.05) is 64.3 Å². The van der Waals surface area contributed by atoms with Crippen LogP contribution >= 0.6 is 11.8 Å². The molecule has 1 unspecified atom stereocenters. The van der Waals surface area contributed by atoms with Crippen molar-refractivity contribution >= 4 is 41.5 Å². The van der Waals surface area contributed by atoms with Gasteiger partial charge in [-0.05, 0) is 68.9 Å². The van der Waals surface area contributed by atoms with E-state index in [-0.39, 0.29) is 30.1 Å². The monoisotopic (exact) mass is 693 g/mol. The second-order valence-electron chi connectivity index (χ2n) is 14.2. The summed E-state index contributed by atoms with van der Waals surface area (Å²) in [4.78, 5) is 65.4. The number of ether oxygens (including phenoxy) is 1. The Morgan fingerprint density at radius 2 is 1.40 bits per heavy atom. The smallest absolute Gasteiger partial charge is 0.408 e. The molecule has 0 fully saturated rings. The van der Waals surface area contributed by atoms with Gasteiger partial charge in [0.2, 0.25) is 23.6 Å². The van der Waals surface area contributed by atoms with Gasteiger partial charge in [-0.15, -0.1) is 0 Å². The molecule has 6 N–H and O–H groups in total. The first-order chi connectivity index (χ1) is 22.3. The second-order valence-corrected chi connectivity index (χ2v) is 15.2. The van der Waals surface area contributed by atoms with E-state index in [0.29, 0.717) is 25.1 Å². The van der Waals surface area contributed by atoms with Crippen LogP contribution < -0.4 is 26.6 Å². The molecule has 12 nitrogen and oxygen atoms in total. The summed E-state index contributed by atoms with van der Waals surface area (Å²) in [6.07, 6.45) is 0.204. The Balaban J connectivity index is 3.00. The molecule has 48 heavy (non-hydrogen) atoms. The van der Waals surface area contributed by atoms with E-state index in [1.54, 1.807) is 34.6 Å². The zero-order valence-corrected chi connectivity index (χ0v) is 31.2. The van der Waals surface area contributed by atoms with Gasteiger partial charge >= 0.3 is 6.09 Å². The van der Waals surface area contributed by atoms with Gasteiger partial charge < -0.3 is 36.4 Å². The van der Waals surface area contributed by atoms with E-state index in [4.69, 9.17) is 4.74 Å². The van der Waals surface area contributed by atoms with Crippen LogP contribution in [0.4, 0.5) is 4.79 Å². The summed E-state index contributed by atoms with van der Waals surface area (Å²) < 4.78 is 5.32. The quantitative estimate of drug-likeness (QED) is 0.128. The number of aliphatic hydroxyl groups is 1. The largest absolute Gasteiger partial charge is 0.444 e. The lowest BCUT2D eigenvalue weighted by Gasteiger charge is -2.30. The van der Waals surface area contributed by atoms with E-state index in [2.05, 4.69) is 26.6 Å². The third-order valence-corrected chi connectivity index (χ3v) is 8.00. The number of amides is 5. The topological polar surface area (TPSA) is 175 Å². The number of benzene rings is 1. The molecule has 0 radical (unpaired) electrons. The Morgan fingerprint density at radius 3 is 1.92 bits per heavy atom. The number of aliphatic hydroxyl groups excluding tert-OH is 1. The zero-order chi connectivity index (χ0) is 36.6. The van der Waals surface area contributed by atoms with Crippen molar-refractivity contribution in [2.45, 2.75) is 124 Å². The lowest BCUT2D eigenvalue weighted by Crippen LogP contribution is -2.58. The number of carbonyl (C=O) groups excluding carboxylic acids is 5. The summed E-state index contributed by atoms with van der Waals surface area (Å²) in [6, 6.07) is 5.89. The number of rotatable bonds is 19. The highest BCUT2D eigenvalue weighted by atomic mass is 32.2. The minimum atomic E-state index is -1.26. The van der Waals surface area contributed by atoms with Gasteiger partial charge in [-0.1, -0.05) is 71.9 Å². The van der Waals surface area contributed by atoms with Gasteiger partial charge in [-0.25, -0.2) is 4.79 Å². The second kappa shape index (κ2) is 20.9. The van der Waals surface area contributed by atoms with Crippen LogP contribution in [-0.2, 0) is 30.5 Å². The van der Waals surface area contributed by atoms with E-state index in [1.165, 1.54) is 11.8 Å². The zero-order valence-electron chi connectivity index (χ0n) is 30.3. The van der Waals surface area contributed by atoms with Crippen molar-refractivity contribution in [3.63, 3.8) is 0 Å².